The summed E-state index contributed by atoms with van der Waals surface area (Å²) in [6, 6.07) is 12.4. The highest BCUT2D eigenvalue weighted by molar-refractivity contribution is 7.99. The fourth-order valence-corrected chi connectivity index (χ4v) is 3.53. The number of nitrogens with zero attached hydrogens (tertiary/aromatic N) is 3. The quantitative estimate of drug-likeness (QED) is 0.647. The Morgan fingerprint density at radius 1 is 1.00 bits per heavy atom. The number of hydrogen-bond acceptors (Lipinski definition) is 3. The minimum atomic E-state index is -0.281. The zero-order valence-corrected chi connectivity index (χ0v) is 13.4. The van der Waals surface area contributed by atoms with Crippen molar-refractivity contribution in [3.05, 3.63) is 65.7 Å². The minimum absolute atomic E-state index is 0.277. The Labute approximate surface area is 142 Å². The molecule has 3 nitrogen and oxygen atoms in total. The normalized spacial score (nSPS) is 13.6. The highest BCUT2D eigenvalue weighted by Crippen LogP contribution is 2.38. The summed E-state index contributed by atoms with van der Waals surface area (Å²) >= 11 is 1.68. The number of benzene rings is 2. The van der Waals surface area contributed by atoms with E-state index in [-0.39, 0.29) is 11.6 Å². The third kappa shape index (κ3) is 2.85. The maximum atomic E-state index is 13.2. The SMILES string of the molecule is Fc1ccc(/C=N/c2c(-c3ccc(F)cc3)nc3n2CCS3)cc1. The van der Waals surface area contributed by atoms with Crippen molar-refractivity contribution in [1.82, 2.24) is 9.55 Å². The summed E-state index contributed by atoms with van der Waals surface area (Å²) in [5, 5.41) is 0.917. The third-order valence-corrected chi connectivity index (χ3v) is 4.73. The molecule has 0 saturated heterocycles. The van der Waals surface area contributed by atoms with Gasteiger partial charge in [0.25, 0.3) is 0 Å². The Morgan fingerprint density at radius 2 is 1.67 bits per heavy atom. The van der Waals surface area contributed by atoms with Crippen LogP contribution in [0.25, 0.3) is 11.3 Å². The molecule has 24 heavy (non-hydrogen) atoms. The van der Waals surface area contributed by atoms with Crippen molar-refractivity contribution < 1.29 is 8.78 Å². The Hall–Kier alpha value is -2.47. The fraction of sp³-hybridized carbons (Fsp3) is 0.111. The lowest BCUT2D eigenvalue weighted by Crippen LogP contribution is -1.93. The minimum Gasteiger partial charge on any atom is -0.303 e. The molecular weight excluding hydrogens is 328 g/mol. The van der Waals surface area contributed by atoms with Gasteiger partial charge in [0.15, 0.2) is 11.0 Å². The average molecular weight is 341 g/mol. The van der Waals surface area contributed by atoms with Gasteiger partial charge in [-0.25, -0.2) is 18.8 Å². The lowest BCUT2D eigenvalue weighted by Gasteiger charge is -2.03. The number of thioether (sulfide) groups is 1. The van der Waals surface area contributed by atoms with E-state index in [9.17, 15) is 8.78 Å². The summed E-state index contributed by atoms with van der Waals surface area (Å²) in [6.45, 7) is 0.838. The van der Waals surface area contributed by atoms with E-state index in [1.165, 1.54) is 24.3 Å². The van der Waals surface area contributed by atoms with Gasteiger partial charge in [-0.3, -0.25) is 0 Å². The largest absolute Gasteiger partial charge is 0.303 e. The molecule has 0 aliphatic carbocycles. The molecule has 4 rings (SSSR count). The summed E-state index contributed by atoms with van der Waals surface area (Å²) in [5.74, 6) is 1.15. The molecular formula is C18H13F2N3S. The summed E-state index contributed by atoms with van der Waals surface area (Å²) in [4.78, 5) is 9.23. The molecule has 0 bridgehead atoms. The molecule has 120 valence electrons. The molecule has 0 radical (unpaired) electrons. The van der Waals surface area contributed by atoms with Crippen LogP contribution in [0.1, 0.15) is 5.56 Å². The second-order valence-electron chi connectivity index (χ2n) is 5.38. The number of hydrogen-bond donors (Lipinski definition) is 0. The standard InChI is InChI=1S/C18H13F2N3S/c19-14-5-1-12(2-6-14)11-21-17-16(13-3-7-15(20)8-4-13)22-18-23(17)9-10-24-18/h1-8,11H,9-10H2/b21-11+. The second kappa shape index (κ2) is 6.20. The Bertz CT molecular complexity index is 899. The van der Waals surface area contributed by atoms with E-state index >= 15 is 0 Å². The van der Waals surface area contributed by atoms with E-state index in [0.29, 0.717) is 0 Å². The van der Waals surface area contributed by atoms with Crippen molar-refractivity contribution in [1.29, 1.82) is 0 Å². The van der Waals surface area contributed by atoms with Gasteiger partial charge >= 0.3 is 0 Å². The van der Waals surface area contributed by atoms with Gasteiger partial charge in [-0.05, 0) is 42.0 Å². The zero-order chi connectivity index (χ0) is 16.5. The monoisotopic (exact) mass is 341 g/mol. The van der Waals surface area contributed by atoms with E-state index in [1.54, 1.807) is 42.2 Å². The lowest BCUT2D eigenvalue weighted by molar-refractivity contribution is 0.627. The number of aliphatic imine (C=N–C) groups is 1. The highest BCUT2D eigenvalue weighted by Gasteiger charge is 2.22. The number of imidazole rings is 1. The van der Waals surface area contributed by atoms with Crippen LogP contribution in [0.4, 0.5) is 14.6 Å². The number of halogens is 2. The maximum absolute atomic E-state index is 13.2. The van der Waals surface area contributed by atoms with Gasteiger partial charge in [0.1, 0.15) is 17.3 Å². The Morgan fingerprint density at radius 3 is 2.38 bits per heavy atom. The molecule has 6 heteroatoms. The highest BCUT2D eigenvalue weighted by atomic mass is 32.2. The summed E-state index contributed by atoms with van der Waals surface area (Å²) in [7, 11) is 0. The molecule has 0 unspecified atom stereocenters. The van der Waals surface area contributed by atoms with E-state index in [2.05, 4.69) is 14.5 Å². The molecule has 3 aromatic rings. The van der Waals surface area contributed by atoms with Gasteiger partial charge in [0.05, 0.1) is 0 Å². The van der Waals surface area contributed by atoms with Gasteiger partial charge in [0, 0.05) is 24.1 Å². The lowest BCUT2D eigenvalue weighted by atomic mass is 10.1. The predicted octanol–water partition coefficient (Wildman–Crippen LogP) is 4.68. The van der Waals surface area contributed by atoms with Crippen LogP contribution in [0.5, 0.6) is 0 Å². The molecule has 0 amide bonds. The smallest absolute Gasteiger partial charge is 0.170 e. The molecule has 2 heterocycles. The van der Waals surface area contributed by atoms with Gasteiger partial charge in [-0.15, -0.1) is 0 Å². The molecule has 0 N–H and O–H groups in total. The number of fused-ring (bicyclic) bond motifs is 1. The van der Waals surface area contributed by atoms with E-state index < -0.39 is 0 Å². The van der Waals surface area contributed by atoms with Gasteiger partial charge in [-0.2, -0.15) is 0 Å². The summed E-state index contributed by atoms with van der Waals surface area (Å²) in [5.41, 5.74) is 2.36. The molecule has 0 saturated carbocycles. The third-order valence-electron chi connectivity index (χ3n) is 3.78. The van der Waals surface area contributed by atoms with Crippen LogP contribution in [0, 0.1) is 11.6 Å². The van der Waals surface area contributed by atoms with Crippen LogP contribution in [-0.2, 0) is 6.54 Å². The van der Waals surface area contributed by atoms with Crippen LogP contribution >= 0.6 is 11.8 Å². The topological polar surface area (TPSA) is 30.2 Å². The molecule has 1 aliphatic rings. The first-order chi connectivity index (χ1) is 11.7. The Kier molecular flexibility index (Phi) is 3.90. The van der Waals surface area contributed by atoms with E-state index in [0.717, 1.165) is 40.1 Å². The average Bonchev–Trinajstić information content (AvgIpc) is 3.17. The summed E-state index contributed by atoms with van der Waals surface area (Å²) < 4.78 is 28.2. The van der Waals surface area contributed by atoms with Crippen molar-refractivity contribution in [3.63, 3.8) is 0 Å². The van der Waals surface area contributed by atoms with Crippen LogP contribution in [0.15, 0.2) is 58.7 Å². The van der Waals surface area contributed by atoms with Crippen LogP contribution in [0.3, 0.4) is 0 Å². The van der Waals surface area contributed by atoms with E-state index in [4.69, 9.17) is 0 Å². The first-order valence-corrected chi connectivity index (χ1v) is 8.48. The maximum Gasteiger partial charge on any atom is 0.170 e. The van der Waals surface area contributed by atoms with Gasteiger partial charge in [0.2, 0.25) is 0 Å². The molecule has 1 aliphatic heterocycles. The van der Waals surface area contributed by atoms with Crippen molar-refractivity contribution in [2.24, 2.45) is 4.99 Å². The van der Waals surface area contributed by atoms with Gasteiger partial charge in [-0.1, -0.05) is 23.9 Å². The van der Waals surface area contributed by atoms with Crippen LogP contribution in [-0.4, -0.2) is 21.5 Å². The second-order valence-corrected chi connectivity index (χ2v) is 6.45. The van der Waals surface area contributed by atoms with Crippen molar-refractivity contribution in [3.8, 4) is 11.3 Å². The number of aromatic nitrogens is 2. The molecule has 0 atom stereocenters. The summed E-state index contributed by atoms with van der Waals surface area (Å²) in [6.07, 6.45) is 1.69. The zero-order valence-electron chi connectivity index (χ0n) is 12.6. The van der Waals surface area contributed by atoms with Crippen molar-refractivity contribution in [2.45, 2.75) is 11.7 Å². The fourth-order valence-electron chi connectivity index (χ4n) is 2.58. The van der Waals surface area contributed by atoms with Gasteiger partial charge < -0.3 is 4.57 Å². The van der Waals surface area contributed by atoms with Crippen molar-refractivity contribution in [2.75, 3.05) is 5.75 Å². The first-order valence-electron chi connectivity index (χ1n) is 7.49. The first kappa shape index (κ1) is 15.1. The van der Waals surface area contributed by atoms with Crippen molar-refractivity contribution >= 4 is 23.8 Å². The predicted molar refractivity (Wildman–Crippen MR) is 92.0 cm³/mol. The van der Waals surface area contributed by atoms with E-state index in [1.807, 2.05) is 0 Å². The molecule has 2 aromatic carbocycles. The molecule has 1 aromatic heterocycles. The Balaban J connectivity index is 1.76. The molecule has 0 fully saturated rings. The van der Waals surface area contributed by atoms with Crippen LogP contribution in [0.2, 0.25) is 0 Å². The molecule has 0 spiro atoms. The van der Waals surface area contributed by atoms with Crippen LogP contribution < -0.4 is 0 Å². The number of rotatable bonds is 3.